The fourth-order valence-corrected chi connectivity index (χ4v) is 1.85. The van der Waals surface area contributed by atoms with Gasteiger partial charge in [-0.2, -0.15) is 0 Å². The topological polar surface area (TPSA) is 41.5 Å². The molecule has 0 radical (unpaired) electrons. The van der Waals surface area contributed by atoms with Gasteiger partial charge >= 0.3 is 0 Å². The molecule has 19 heavy (non-hydrogen) atoms. The van der Waals surface area contributed by atoms with Gasteiger partial charge in [-0.3, -0.25) is 0 Å². The minimum atomic E-state index is -0.484. The molecule has 0 aliphatic rings. The fourth-order valence-electron chi connectivity index (χ4n) is 1.73. The minimum Gasteiger partial charge on any atom is -0.491 e. The molecule has 0 aromatic heterocycles. The summed E-state index contributed by atoms with van der Waals surface area (Å²) < 4.78 is 5.47. The van der Waals surface area contributed by atoms with Crippen LogP contribution in [0, 0.1) is 0 Å². The molecule has 0 saturated carbocycles. The first-order valence-electron chi connectivity index (χ1n) is 6.99. The second kappa shape index (κ2) is 10.1. The predicted octanol–water partition coefficient (Wildman–Crippen LogP) is 3.25. The van der Waals surface area contributed by atoms with Gasteiger partial charge in [0.25, 0.3) is 0 Å². The van der Waals surface area contributed by atoms with E-state index in [0.29, 0.717) is 18.2 Å². The molecule has 3 nitrogen and oxygen atoms in total. The van der Waals surface area contributed by atoms with E-state index in [1.54, 1.807) is 24.3 Å². The molecule has 108 valence electrons. The first-order chi connectivity index (χ1) is 9.22. The highest BCUT2D eigenvalue weighted by Crippen LogP contribution is 2.15. The van der Waals surface area contributed by atoms with Crippen LogP contribution >= 0.6 is 11.6 Å². The van der Waals surface area contributed by atoms with Gasteiger partial charge in [-0.15, -0.1) is 0 Å². The quantitative estimate of drug-likeness (QED) is 0.649. The summed E-state index contributed by atoms with van der Waals surface area (Å²) in [5.74, 6) is 0.728. The van der Waals surface area contributed by atoms with Gasteiger partial charge in [0, 0.05) is 11.6 Å². The zero-order chi connectivity index (χ0) is 13.9. The van der Waals surface area contributed by atoms with E-state index in [0.717, 1.165) is 12.3 Å². The van der Waals surface area contributed by atoms with Crippen LogP contribution in [0.4, 0.5) is 0 Å². The van der Waals surface area contributed by atoms with E-state index < -0.39 is 6.10 Å². The Balaban J connectivity index is 2.04. The van der Waals surface area contributed by atoms with Gasteiger partial charge in [-0.1, -0.05) is 37.8 Å². The monoisotopic (exact) mass is 285 g/mol. The first-order valence-corrected chi connectivity index (χ1v) is 7.37. The minimum absolute atomic E-state index is 0.295. The van der Waals surface area contributed by atoms with Crippen LogP contribution in [0.5, 0.6) is 5.75 Å². The lowest BCUT2D eigenvalue weighted by molar-refractivity contribution is 0.106. The molecule has 2 N–H and O–H groups in total. The SMILES string of the molecule is CCCCCCNCC(O)COc1ccc(Cl)cc1. The average Bonchev–Trinajstić information content (AvgIpc) is 2.42. The Bertz CT molecular complexity index is 329. The van der Waals surface area contributed by atoms with Gasteiger partial charge in [0.05, 0.1) is 0 Å². The molecule has 4 heteroatoms. The lowest BCUT2D eigenvalue weighted by atomic mass is 10.2. The second-order valence-corrected chi connectivity index (χ2v) is 5.12. The van der Waals surface area contributed by atoms with E-state index in [1.807, 2.05) is 0 Å². The van der Waals surface area contributed by atoms with Crippen molar-refractivity contribution in [1.82, 2.24) is 5.32 Å². The van der Waals surface area contributed by atoms with Crippen molar-refractivity contribution < 1.29 is 9.84 Å². The van der Waals surface area contributed by atoms with Gasteiger partial charge in [-0.05, 0) is 37.2 Å². The maximum Gasteiger partial charge on any atom is 0.119 e. The standard InChI is InChI=1S/C15H24ClNO2/c1-2-3-4-5-10-17-11-14(18)12-19-15-8-6-13(16)7-9-15/h6-9,14,17-18H,2-5,10-12H2,1H3. The van der Waals surface area contributed by atoms with Crippen molar-refractivity contribution in [2.75, 3.05) is 19.7 Å². The smallest absolute Gasteiger partial charge is 0.119 e. The van der Waals surface area contributed by atoms with E-state index in [-0.39, 0.29) is 0 Å². The molecule has 1 rings (SSSR count). The summed E-state index contributed by atoms with van der Waals surface area (Å²) in [7, 11) is 0. The molecule has 0 amide bonds. The molecule has 0 bridgehead atoms. The average molecular weight is 286 g/mol. The second-order valence-electron chi connectivity index (χ2n) is 4.68. The van der Waals surface area contributed by atoms with Gasteiger partial charge in [0.2, 0.25) is 0 Å². The Labute approximate surface area is 120 Å². The van der Waals surface area contributed by atoms with Crippen LogP contribution in [0.15, 0.2) is 24.3 Å². The maximum absolute atomic E-state index is 9.75. The molecule has 0 aliphatic heterocycles. The molecule has 1 aromatic rings. The molecule has 1 atom stereocenters. The van der Waals surface area contributed by atoms with Crippen molar-refractivity contribution in [2.24, 2.45) is 0 Å². The van der Waals surface area contributed by atoms with Crippen molar-refractivity contribution in [2.45, 2.75) is 38.7 Å². The molecule has 1 aromatic carbocycles. The van der Waals surface area contributed by atoms with Crippen LogP contribution in [0.2, 0.25) is 5.02 Å². The third-order valence-corrected chi connectivity index (χ3v) is 3.10. The summed E-state index contributed by atoms with van der Waals surface area (Å²) in [5.41, 5.74) is 0. The fraction of sp³-hybridized carbons (Fsp3) is 0.600. The molecule has 0 spiro atoms. The van der Waals surface area contributed by atoms with E-state index >= 15 is 0 Å². The van der Waals surface area contributed by atoms with Crippen molar-refractivity contribution in [3.63, 3.8) is 0 Å². The number of aliphatic hydroxyl groups excluding tert-OH is 1. The third-order valence-electron chi connectivity index (χ3n) is 2.84. The van der Waals surface area contributed by atoms with E-state index in [1.165, 1.54) is 25.7 Å². The summed E-state index contributed by atoms with van der Waals surface area (Å²) in [6.07, 6.45) is 4.46. The number of rotatable bonds is 10. The molecular formula is C15H24ClNO2. The molecular weight excluding hydrogens is 262 g/mol. The van der Waals surface area contributed by atoms with Crippen molar-refractivity contribution in [3.8, 4) is 5.75 Å². The van der Waals surface area contributed by atoms with E-state index in [4.69, 9.17) is 16.3 Å². The first kappa shape index (κ1) is 16.3. The van der Waals surface area contributed by atoms with Crippen molar-refractivity contribution >= 4 is 11.6 Å². The van der Waals surface area contributed by atoms with Crippen LogP contribution in [0.3, 0.4) is 0 Å². The number of unbranched alkanes of at least 4 members (excludes halogenated alkanes) is 3. The van der Waals surface area contributed by atoms with Crippen LogP contribution in [-0.2, 0) is 0 Å². The van der Waals surface area contributed by atoms with Gasteiger partial charge in [0.15, 0.2) is 0 Å². The Morgan fingerprint density at radius 1 is 1.21 bits per heavy atom. The van der Waals surface area contributed by atoms with Gasteiger partial charge in [-0.25, -0.2) is 0 Å². The summed E-state index contributed by atoms with van der Waals surface area (Å²) >= 11 is 5.78. The third kappa shape index (κ3) is 8.09. The van der Waals surface area contributed by atoms with E-state index in [9.17, 15) is 5.11 Å². The lowest BCUT2D eigenvalue weighted by Crippen LogP contribution is -2.32. The number of hydrogen-bond donors (Lipinski definition) is 2. The van der Waals surface area contributed by atoms with Crippen molar-refractivity contribution in [1.29, 1.82) is 0 Å². The molecule has 0 heterocycles. The Morgan fingerprint density at radius 2 is 1.95 bits per heavy atom. The summed E-state index contributed by atoms with van der Waals surface area (Å²) in [5, 5.41) is 13.7. The van der Waals surface area contributed by atoms with Crippen LogP contribution in [-0.4, -0.2) is 30.9 Å². The van der Waals surface area contributed by atoms with Crippen molar-refractivity contribution in [3.05, 3.63) is 29.3 Å². The number of benzene rings is 1. The number of ether oxygens (including phenoxy) is 1. The number of halogens is 1. The number of aliphatic hydroxyl groups is 1. The Morgan fingerprint density at radius 3 is 2.63 bits per heavy atom. The number of nitrogens with one attached hydrogen (secondary N) is 1. The van der Waals surface area contributed by atoms with Crippen LogP contribution in [0.25, 0.3) is 0 Å². The highest BCUT2D eigenvalue weighted by molar-refractivity contribution is 6.30. The molecule has 0 fully saturated rings. The zero-order valence-electron chi connectivity index (χ0n) is 11.6. The molecule has 0 saturated heterocycles. The maximum atomic E-state index is 9.75. The largest absolute Gasteiger partial charge is 0.491 e. The normalized spacial score (nSPS) is 12.4. The number of hydrogen-bond acceptors (Lipinski definition) is 3. The van der Waals surface area contributed by atoms with Gasteiger partial charge < -0.3 is 15.2 Å². The van der Waals surface area contributed by atoms with E-state index in [2.05, 4.69) is 12.2 Å². The summed E-state index contributed by atoms with van der Waals surface area (Å²) in [6.45, 7) is 4.02. The highest BCUT2D eigenvalue weighted by atomic mass is 35.5. The Hall–Kier alpha value is -0.770. The summed E-state index contributed by atoms with van der Waals surface area (Å²) in [6, 6.07) is 7.14. The van der Waals surface area contributed by atoms with Crippen LogP contribution in [0.1, 0.15) is 32.6 Å². The predicted molar refractivity (Wildman–Crippen MR) is 80.0 cm³/mol. The molecule has 0 aliphatic carbocycles. The Kier molecular flexibility index (Phi) is 8.63. The van der Waals surface area contributed by atoms with Gasteiger partial charge in [0.1, 0.15) is 18.5 Å². The highest BCUT2D eigenvalue weighted by Gasteiger charge is 2.04. The summed E-state index contributed by atoms with van der Waals surface area (Å²) in [4.78, 5) is 0. The van der Waals surface area contributed by atoms with Crippen LogP contribution < -0.4 is 10.1 Å². The molecule has 1 unspecified atom stereocenters. The zero-order valence-corrected chi connectivity index (χ0v) is 12.3. The lowest BCUT2D eigenvalue weighted by Gasteiger charge is -2.13.